The molecule has 5 heteroatoms. The summed E-state index contributed by atoms with van der Waals surface area (Å²) in [5, 5.41) is 8.16. The predicted octanol–water partition coefficient (Wildman–Crippen LogP) is -0.871. The second-order valence-corrected chi connectivity index (χ2v) is 1.60. The number of hydrogen-bond acceptors (Lipinski definition) is 4. The Morgan fingerprint density at radius 2 is 2.27 bits per heavy atom. The standard InChI is InChI=1S/C6H9NO4/c1-2-3-6(10)11-7-5(9)4-8/h2-3,8H,4H2,1H3,(H,7,9). The summed E-state index contributed by atoms with van der Waals surface area (Å²) >= 11 is 0. The summed E-state index contributed by atoms with van der Waals surface area (Å²) in [5.41, 5.74) is 1.73. The van der Waals surface area contributed by atoms with E-state index in [9.17, 15) is 9.59 Å². The van der Waals surface area contributed by atoms with Gasteiger partial charge in [0, 0.05) is 6.08 Å². The Morgan fingerprint density at radius 3 is 2.73 bits per heavy atom. The van der Waals surface area contributed by atoms with Crippen LogP contribution in [0.5, 0.6) is 0 Å². The van der Waals surface area contributed by atoms with Crippen molar-refractivity contribution >= 4 is 11.9 Å². The number of carbonyl (C=O) groups excluding carboxylic acids is 2. The highest BCUT2D eigenvalue weighted by Gasteiger charge is 2.00. The molecule has 0 atom stereocenters. The summed E-state index contributed by atoms with van der Waals surface area (Å²) in [6.07, 6.45) is 2.60. The number of carbonyl (C=O) groups is 2. The van der Waals surface area contributed by atoms with Gasteiger partial charge in [0.25, 0.3) is 5.91 Å². The van der Waals surface area contributed by atoms with Crippen LogP contribution < -0.4 is 5.48 Å². The summed E-state index contributed by atoms with van der Waals surface area (Å²) < 4.78 is 0. The van der Waals surface area contributed by atoms with Gasteiger partial charge in [-0.3, -0.25) is 4.79 Å². The van der Waals surface area contributed by atoms with Crippen LogP contribution in [0.15, 0.2) is 12.2 Å². The van der Waals surface area contributed by atoms with Crippen LogP contribution in [0.1, 0.15) is 6.92 Å². The van der Waals surface area contributed by atoms with E-state index in [2.05, 4.69) is 4.84 Å². The van der Waals surface area contributed by atoms with E-state index in [4.69, 9.17) is 5.11 Å². The highest BCUT2D eigenvalue weighted by atomic mass is 16.7. The van der Waals surface area contributed by atoms with E-state index in [1.807, 2.05) is 0 Å². The number of hydroxylamine groups is 1. The molecule has 1 amide bonds. The van der Waals surface area contributed by atoms with Crippen LogP contribution in [0.4, 0.5) is 0 Å². The number of rotatable bonds is 2. The van der Waals surface area contributed by atoms with E-state index in [0.29, 0.717) is 0 Å². The third-order valence-corrected chi connectivity index (χ3v) is 0.712. The first kappa shape index (κ1) is 9.64. The monoisotopic (exact) mass is 159 g/mol. The predicted molar refractivity (Wildman–Crippen MR) is 36.1 cm³/mol. The van der Waals surface area contributed by atoms with Crippen LogP contribution in [-0.2, 0) is 14.4 Å². The van der Waals surface area contributed by atoms with Crippen molar-refractivity contribution in [2.45, 2.75) is 6.92 Å². The Labute approximate surface area is 63.6 Å². The molecule has 62 valence electrons. The normalized spacial score (nSPS) is 9.64. The van der Waals surface area contributed by atoms with E-state index in [0.717, 1.165) is 6.08 Å². The number of amides is 1. The number of nitrogens with one attached hydrogen (secondary N) is 1. The molecule has 0 rings (SSSR count). The Morgan fingerprint density at radius 1 is 1.64 bits per heavy atom. The average molecular weight is 159 g/mol. The molecule has 0 aromatic heterocycles. The van der Waals surface area contributed by atoms with Gasteiger partial charge in [0.2, 0.25) is 0 Å². The minimum Gasteiger partial charge on any atom is -0.386 e. The summed E-state index contributed by atoms with van der Waals surface area (Å²) in [5.74, 6) is -1.45. The quantitative estimate of drug-likeness (QED) is 0.405. The van der Waals surface area contributed by atoms with Crippen molar-refractivity contribution in [3.8, 4) is 0 Å². The maximum Gasteiger partial charge on any atom is 0.355 e. The van der Waals surface area contributed by atoms with Crippen LogP contribution in [0.2, 0.25) is 0 Å². The summed E-state index contributed by atoms with van der Waals surface area (Å²) in [6, 6.07) is 0. The minimum absolute atomic E-state index is 0.686. The van der Waals surface area contributed by atoms with Gasteiger partial charge in [0.1, 0.15) is 6.61 Å². The molecule has 0 spiro atoms. The Bertz CT molecular complexity index is 175. The number of hydrogen-bond donors (Lipinski definition) is 2. The summed E-state index contributed by atoms with van der Waals surface area (Å²) in [4.78, 5) is 24.9. The third kappa shape index (κ3) is 5.10. The molecule has 0 radical (unpaired) electrons. The zero-order valence-corrected chi connectivity index (χ0v) is 6.03. The fourth-order valence-corrected chi connectivity index (χ4v) is 0.310. The van der Waals surface area contributed by atoms with Crippen molar-refractivity contribution in [1.29, 1.82) is 0 Å². The first-order valence-electron chi connectivity index (χ1n) is 2.94. The topological polar surface area (TPSA) is 75.6 Å². The lowest BCUT2D eigenvalue weighted by molar-refractivity contribution is -0.154. The van der Waals surface area contributed by atoms with Crippen molar-refractivity contribution in [3.63, 3.8) is 0 Å². The molecular formula is C6H9NO4. The van der Waals surface area contributed by atoms with Gasteiger partial charge in [-0.05, 0) is 6.92 Å². The van der Waals surface area contributed by atoms with E-state index >= 15 is 0 Å². The highest BCUT2D eigenvalue weighted by molar-refractivity contribution is 5.84. The molecule has 0 unspecified atom stereocenters. The van der Waals surface area contributed by atoms with E-state index in [-0.39, 0.29) is 0 Å². The SMILES string of the molecule is CC=CC(=O)ONC(=O)CO. The molecule has 0 aliphatic heterocycles. The second-order valence-electron chi connectivity index (χ2n) is 1.60. The van der Waals surface area contributed by atoms with Gasteiger partial charge < -0.3 is 9.94 Å². The molecule has 0 aromatic carbocycles. The zero-order chi connectivity index (χ0) is 8.69. The molecule has 0 aliphatic carbocycles. The van der Waals surface area contributed by atoms with Crippen molar-refractivity contribution in [2.75, 3.05) is 6.61 Å². The fraction of sp³-hybridized carbons (Fsp3) is 0.333. The van der Waals surface area contributed by atoms with Gasteiger partial charge in [-0.2, -0.15) is 5.48 Å². The summed E-state index contributed by atoms with van der Waals surface area (Å²) in [7, 11) is 0. The molecule has 0 fully saturated rings. The van der Waals surface area contributed by atoms with E-state index in [1.165, 1.54) is 6.08 Å². The van der Waals surface area contributed by atoms with Crippen molar-refractivity contribution in [2.24, 2.45) is 0 Å². The van der Waals surface area contributed by atoms with Gasteiger partial charge in [-0.1, -0.05) is 6.08 Å². The smallest absolute Gasteiger partial charge is 0.355 e. The molecule has 0 aromatic rings. The van der Waals surface area contributed by atoms with Crippen LogP contribution in [0.3, 0.4) is 0 Å². The minimum atomic E-state index is -0.761. The van der Waals surface area contributed by atoms with Gasteiger partial charge in [0.15, 0.2) is 0 Å². The van der Waals surface area contributed by atoms with Crippen molar-refractivity contribution in [1.82, 2.24) is 5.48 Å². The second kappa shape index (κ2) is 5.43. The van der Waals surface area contributed by atoms with Crippen LogP contribution >= 0.6 is 0 Å². The van der Waals surface area contributed by atoms with Gasteiger partial charge >= 0.3 is 5.97 Å². The van der Waals surface area contributed by atoms with Crippen LogP contribution in [0.25, 0.3) is 0 Å². The number of allylic oxidation sites excluding steroid dienone is 1. The molecule has 0 heterocycles. The third-order valence-electron chi connectivity index (χ3n) is 0.712. The van der Waals surface area contributed by atoms with Gasteiger partial charge in [-0.25, -0.2) is 4.79 Å². The molecule has 5 nitrogen and oxygen atoms in total. The number of aliphatic hydroxyl groups excluding tert-OH is 1. The van der Waals surface area contributed by atoms with E-state index < -0.39 is 18.5 Å². The van der Waals surface area contributed by atoms with Gasteiger partial charge in [0.05, 0.1) is 0 Å². The zero-order valence-electron chi connectivity index (χ0n) is 6.03. The molecular weight excluding hydrogens is 150 g/mol. The molecule has 0 saturated heterocycles. The molecule has 0 saturated carbocycles. The van der Waals surface area contributed by atoms with Crippen LogP contribution in [0, 0.1) is 0 Å². The lowest BCUT2D eigenvalue weighted by Gasteiger charge is -1.99. The Balaban J connectivity index is 3.54. The fourth-order valence-electron chi connectivity index (χ4n) is 0.310. The maximum atomic E-state index is 10.5. The van der Waals surface area contributed by atoms with Crippen LogP contribution in [-0.4, -0.2) is 23.6 Å². The lowest BCUT2D eigenvalue weighted by atomic mass is 10.5. The maximum absolute atomic E-state index is 10.5. The molecule has 0 aliphatic rings. The Kier molecular flexibility index (Phi) is 4.76. The van der Waals surface area contributed by atoms with Crippen molar-refractivity contribution in [3.05, 3.63) is 12.2 Å². The first-order valence-corrected chi connectivity index (χ1v) is 2.94. The van der Waals surface area contributed by atoms with E-state index in [1.54, 1.807) is 12.4 Å². The molecule has 11 heavy (non-hydrogen) atoms. The van der Waals surface area contributed by atoms with Crippen molar-refractivity contribution < 1.29 is 19.5 Å². The number of aliphatic hydroxyl groups is 1. The largest absolute Gasteiger partial charge is 0.386 e. The summed E-state index contributed by atoms with van der Waals surface area (Å²) in [6.45, 7) is 0.929. The van der Waals surface area contributed by atoms with Gasteiger partial charge in [-0.15, -0.1) is 0 Å². The highest BCUT2D eigenvalue weighted by Crippen LogP contribution is 1.76. The first-order chi connectivity index (χ1) is 5.20. The molecule has 2 N–H and O–H groups in total. The molecule has 0 bridgehead atoms. The Hall–Kier alpha value is -1.36. The average Bonchev–Trinajstić information content (AvgIpc) is 2.01. The lowest BCUT2D eigenvalue weighted by Crippen LogP contribution is -2.28.